The number of aryl methyl sites for hydroxylation is 3. The summed E-state index contributed by atoms with van der Waals surface area (Å²) in [6.07, 6.45) is 1.00. The van der Waals surface area contributed by atoms with Crippen LogP contribution >= 0.6 is 15.9 Å². The first-order valence-electron chi connectivity index (χ1n) is 14.3. The molecule has 2 nitrogen and oxygen atoms in total. The van der Waals surface area contributed by atoms with Crippen molar-refractivity contribution in [2.75, 3.05) is 5.73 Å². The molecule has 0 spiro atoms. The molecule has 6 rings (SSSR count). The lowest BCUT2D eigenvalue weighted by molar-refractivity contribution is 1.14. The highest BCUT2D eigenvalue weighted by molar-refractivity contribution is 9.10. The molecule has 0 amide bonds. The van der Waals surface area contributed by atoms with Crippen LogP contribution in [0.5, 0.6) is 0 Å². The summed E-state index contributed by atoms with van der Waals surface area (Å²) in [7, 11) is 0. The van der Waals surface area contributed by atoms with Crippen molar-refractivity contribution < 1.29 is 0 Å². The molecule has 0 fully saturated rings. The molecule has 3 heteroatoms. The second-order valence-electron chi connectivity index (χ2n) is 10.9. The fraction of sp³-hybridized carbons (Fsp3) is 0.103. The fourth-order valence-electron chi connectivity index (χ4n) is 5.42. The number of halogens is 1. The van der Waals surface area contributed by atoms with Crippen LogP contribution < -0.4 is 5.73 Å². The number of hydrogen-bond donors (Lipinski definition) is 1. The van der Waals surface area contributed by atoms with Crippen LogP contribution in [0.4, 0.5) is 5.69 Å². The van der Waals surface area contributed by atoms with Crippen molar-refractivity contribution >= 4 is 21.6 Å². The molecule has 0 saturated carbocycles. The lowest BCUT2D eigenvalue weighted by atomic mass is 9.85. The van der Waals surface area contributed by atoms with Gasteiger partial charge >= 0.3 is 0 Å². The maximum absolute atomic E-state index is 6.77. The van der Waals surface area contributed by atoms with Crippen LogP contribution in [0.25, 0.3) is 55.9 Å². The van der Waals surface area contributed by atoms with Crippen LogP contribution in [0.1, 0.15) is 23.6 Å². The molecule has 6 aromatic rings. The van der Waals surface area contributed by atoms with E-state index in [1.165, 1.54) is 16.7 Å². The molecule has 0 aliphatic carbocycles. The van der Waals surface area contributed by atoms with Gasteiger partial charge in [0.15, 0.2) is 0 Å². The van der Waals surface area contributed by atoms with E-state index in [1.54, 1.807) is 0 Å². The molecule has 0 atom stereocenters. The average molecular weight is 610 g/mol. The Bertz CT molecular complexity index is 1850. The zero-order valence-electron chi connectivity index (χ0n) is 24.2. The average Bonchev–Trinajstić information content (AvgIpc) is 3.02. The van der Waals surface area contributed by atoms with E-state index in [9.17, 15) is 0 Å². The van der Waals surface area contributed by atoms with Gasteiger partial charge < -0.3 is 5.73 Å². The van der Waals surface area contributed by atoms with Gasteiger partial charge in [-0.15, -0.1) is 0 Å². The van der Waals surface area contributed by atoms with Crippen molar-refractivity contribution in [3.8, 4) is 55.9 Å². The van der Waals surface area contributed by atoms with E-state index < -0.39 is 0 Å². The van der Waals surface area contributed by atoms with E-state index >= 15 is 0 Å². The normalized spacial score (nSPS) is 11.0. The Kier molecular flexibility index (Phi) is 7.78. The van der Waals surface area contributed by atoms with Gasteiger partial charge in [0.1, 0.15) is 0 Å². The lowest BCUT2D eigenvalue weighted by Crippen LogP contribution is -1.98. The first-order chi connectivity index (χ1) is 20.4. The molecule has 1 heterocycles. The predicted molar refractivity (Wildman–Crippen MR) is 182 cm³/mol. The number of aromatic nitrogens is 1. The maximum atomic E-state index is 6.77. The number of anilines is 1. The number of pyridine rings is 1. The molecule has 5 aromatic carbocycles. The van der Waals surface area contributed by atoms with Crippen molar-refractivity contribution in [3.05, 3.63) is 142 Å². The minimum absolute atomic E-state index is 0.760. The van der Waals surface area contributed by atoms with Crippen LogP contribution in [0.15, 0.2) is 126 Å². The molecule has 0 unspecified atom stereocenters. The third-order valence-electron chi connectivity index (χ3n) is 7.85. The fourth-order valence-corrected chi connectivity index (χ4v) is 5.69. The number of nitrogens with two attached hydrogens (primary N) is 1. The second kappa shape index (κ2) is 11.8. The van der Waals surface area contributed by atoms with Gasteiger partial charge in [-0.3, -0.25) is 0 Å². The number of nitrogen functional groups attached to an aromatic ring is 1. The Morgan fingerprint density at radius 3 is 1.55 bits per heavy atom. The molecular formula is C39H33BrN2. The summed E-state index contributed by atoms with van der Waals surface area (Å²) in [6, 6.07) is 43.1. The van der Waals surface area contributed by atoms with Crippen molar-refractivity contribution in [1.82, 2.24) is 4.98 Å². The van der Waals surface area contributed by atoms with E-state index in [4.69, 9.17) is 10.7 Å². The Morgan fingerprint density at radius 1 is 0.548 bits per heavy atom. The highest BCUT2D eigenvalue weighted by Gasteiger charge is 2.19. The Balaban J connectivity index is 1.64. The number of benzene rings is 5. The van der Waals surface area contributed by atoms with E-state index in [1.807, 2.05) is 6.07 Å². The molecule has 42 heavy (non-hydrogen) atoms. The highest BCUT2D eigenvalue weighted by Crippen LogP contribution is 2.44. The topological polar surface area (TPSA) is 38.9 Å². The van der Waals surface area contributed by atoms with E-state index in [0.29, 0.717) is 0 Å². The molecule has 0 bridgehead atoms. The third kappa shape index (κ3) is 5.66. The monoisotopic (exact) mass is 608 g/mol. The summed E-state index contributed by atoms with van der Waals surface area (Å²) >= 11 is 3.58. The standard InChI is InChI=1S/C39H33BrN2/c1-4-27-9-15-28(16-10-27)36-23-32(24-37(42-36)29-17-19-33(40)20-18-29)34-21-22-35(41)39(31-13-7-26(3)8-14-31)38(34)30-11-5-25(2)6-12-30/h5-24H,4,41H2,1-3H3. The molecule has 0 radical (unpaired) electrons. The first-order valence-corrected chi connectivity index (χ1v) is 15.1. The van der Waals surface area contributed by atoms with Gasteiger partial charge in [0.05, 0.1) is 11.4 Å². The van der Waals surface area contributed by atoms with Crippen LogP contribution in [0.3, 0.4) is 0 Å². The Morgan fingerprint density at radius 2 is 1.02 bits per heavy atom. The van der Waals surface area contributed by atoms with Crippen molar-refractivity contribution in [2.45, 2.75) is 27.2 Å². The molecule has 2 N–H and O–H groups in total. The van der Waals surface area contributed by atoms with Gasteiger partial charge in [0.25, 0.3) is 0 Å². The Labute approximate surface area is 257 Å². The highest BCUT2D eigenvalue weighted by atomic mass is 79.9. The molecule has 0 saturated heterocycles. The van der Waals surface area contributed by atoms with E-state index in [2.05, 4.69) is 152 Å². The van der Waals surface area contributed by atoms with E-state index in [-0.39, 0.29) is 0 Å². The smallest absolute Gasteiger partial charge is 0.0715 e. The largest absolute Gasteiger partial charge is 0.398 e. The molecule has 0 aliphatic rings. The molecule has 0 aliphatic heterocycles. The van der Waals surface area contributed by atoms with Crippen molar-refractivity contribution in [3.63, 3.8) is 0 Å². The van der Waals surface area contributed by atoms with Crippen molar-refractivity contribution in [1.29, 1.82) is 0 Å². The second-order valence-corrected chi connectivity index (χ2v) is 11.8. The summed E-state index contributed by atoms with van der Waals surface area (Å²) in [4.78, 5) is 5.17. The van der Waals surface area contributed by atoms with Gasteiger partial charge in [-0.1, -0.05) is 125 Å². The van der Waals surface area contributed by atoms with Crippen LogP contribution in [0, 0.1) is 13.8 Å². The van der Waals surface area contributed by atoms with Crippen LogP contribution in [-0.2, 0) is 6.42 Å². The zero-order chi connectivity index (χ0) is 29.2. The van der Waals surface area contributed by atoms with Gasteiger partial charge in [-0.05, 0) is 84.0 Å². The van der Waals surface area contributed by atoms with Gasteiger partial charge in [0, 0.05) is 26.9 Å². The number of rotatable bonds is 6. The summed E-state index contributed by atoms with van der Waals surface area (Å²) in [5.74, 6) is 0. The summed E-state index contributed by atoms with van der Waals surface area (Å²) in [6.45, 7) is 6.41. The molecule has 206 valence electrons. The summed E-state index contributed by atoms with van der Waals surface area (Å²) < 4.78 is 1.04. The number of nitrogens with zero attached hydrogens (tertiary/aromatic N) is 1. The predicted octanol–water partition coefficient (Wildman–Crippen LogP) is 10.9. The van der Waals surface area contributed by atoms with Crippen LogP contribution in [-0.4, -0.2) is 4.98 Å². The van der Waals surface area contributed by atoms with Gasteiger partial charge in [-0.2, -0.15) is 0 Å². The Hall–Kier alpha value is -4.47. The quantitative estimate of drug-likeness (QED) is 0.191. The van der Waals surface area contributed by atoms with Crippen molar-refractivity contribution in [2.24, 2.45) is 0 Å². The SMILES string of the molecule is CCc1ccc(-c2cc(-c3ccc(N)c(-c4ccc(C)cc4)c3-c3ccc(C)cc3)cc(-c3ccc(Br)cc3)n2)cc1. The maximum Gasteiger partial charge on any atom is 0.0715 e. The zero-order valence-corrected chi connectivity index (χ0v) is 25.7. The van der Waals surface area contributed by atoms with Gasteiger partial charge in [0.2, 0.25) is 0 Å². The summed E-state index contributed by atoms with van der Waals surface area (Å²) in [5.41, 5.74) is 21.9. The summed E-state index contributed by atoms with van der Waals surface area (Å²) in [5, 5.41) is 0. The first kappa shape index (κ1) is 27.7. The van der Waals surface area contributed by atoms with E-state index in [0.717, 1.165) is 72.5 Å². The third-order valence-corrected chi connectivity index (χ3v) is 8.38. The minimum Gasteiger partial charge on any atom is -0.398 e. The lowest BCUT2D eigenvalue weighted by Gasteiger charge is -2.20. The number of hydrogen-bond acceptors (Lipinski definition) is 2. The molecule has 1 aromatic heterocycles. The minimum atomic E-state index is 0.760. The van der Waals surface area contributed by atoms with Crippen LogP contribution in [0.2, 0.25) is 0 Å². The molecular weight excluding hydrogens is 576 g/mol. The van der Waals surface area contributed by atoms with Gasteiger partial charge in [-0.25, -0.2) is 4.98 Å².